The molecule has 132 valence electrons. The van der Waals surface area contributed by atoms with E-state index in [0.29, 0.717) is 0 Å². The van der Waals surface area contributed by atoms with Gasteiger partial charge in [0.2, 0.25) is 0 Å². The van der Waals surface area contributed by atoms with E-state index in [4.69, 9.17) is 16.7 Å². The Morgan fingerprint density at radius 1 is 1.24 bits per heavy atom. The van der Waals surface area contributed by atoms with Crippen LogP contribution >= 0.6 is 11.6 Å². The minimum absolute atomic E-state index is 0.746. The molecule has 3 aromatic heterocycles. The highest BCUT2D eigenvalue weighted by atomic mass is 35.5. The molecule has 0 unspecified atom stereocenters. The van der Waals surface area contributed by atoms with Gasteiger partial charge in [-0.1, -0.05) is 11.6 Å². The molecule has 0 radical (unpaired) electrons. The van der Waals surface area contributed by atoms with Gasteiger partial charge in [0.05, 0.1) is 28.6 Å². The molecule has 0 fully saturated rings. The topological polar surface area (TPSA) is 65.5 Å². The zero-order valence-electron chi connectivity index (χ0n) is 14.5. The van der Waals surface area contributed by atoms with Gasteiger partial charge >= 0.3 is 0 Å². The standard InChI is InChI=1S/C17H22ClN7/c1-12-16(18)13(2)24(21-12)9-8-23-7-5-20-17(23)15-10-14-11-19-4-3-6-25(14)22-15/h5,7,10,19H,3-4,6,8-9,11H2,1-2H3. The first-order valence-electron chi connectivity index (χ1n) is 8.62. The van der Waals surface area contributed by atoms with Crippen molar-refractivity contribution in [3.8, 4) is 11.5 Å². The smallest absolute Gasteiger partial charge is 0.160 e. The summed E-state index contributed by atoms with van der Waals surface area (Å²) in [6.45, 7) is 8.30. The normalized spacial score (nSPS) is 14.5. The number of imidazole rings is 1. The van der Waals surface area contributed by atoms with Crippen molar-refractivity contribution in [2.75, 3.05) is 6.54 Å². The van der Waals surface area contributed by atoms with Gasteiger partial charge in [0, 0.05) is 32.0 Å². The summed E-state index contributed by atoms with van der Waals surface area (Å²) in [6, 6.07) is 2.14. The van der Waals surface area contributed by atoms with Crippen LogP contribution in [-0.2, 0) is 26.2 Å². The molecule has 0 saturated carbocycles. The third kappa shape index (κ3) is 3.09. The lowest BCUT2D eigenvalue weighted by Crippen LogP contribution is -2.12. The summed E-state index contributed by atoms with van der Waals surface area (Å²) in [6.07, 6.45) is 4.92. The van der Waals surface area contributed by atoms with E-state index in [1.807, 2.05) is 30.9 Å². The van der Waals surface area contributed by atoms with E-state index in [2.05, 4.69) is 30.7 Å². The molecule has 4 heterocycles. The van der Waals surface area contributed by atoms with Crippen molar-refractivity contribution < 1.29 is 0 Å². The van der Waals surface area contributed by atoms with Crippen molar-refractivity contribution in [3.63, 3.8) is 0 Å². The molecular weight excluding hydrogens is 338 g/mol. The molecule has 0 spiro atoms. The highest BCUT2D eigenvalue weighted by molar-refractivity contribution is 6.31. The van der Waals surface area contributed by atoms with Crippen molar-refractivity contribution >= 4 is 11.6 Å². The van der Waals surface area contributed by atoms with Crippen LogP contribution in [-0.4, -0.2) is 35.7 Å². The third-order valence-corrected chi connectivity index (χ3v) is 5.23. The molecular formula is C17H22ClN7. The molecule has 0 saturated heterocycles. The fourth-order valence-corrected chi connectivity index (χ4v) is 3.42. The molecule has 1 aliphatic rings. The lowest BCUT2D eigenvalue weighted by atomic mass is 10.3. The number of rotatable bonds is 4. The molecule has 4 rings (SSSR count). The third-order valence-electron chi connectivity index (χ3n) is 4.68. The van der Waals surface area contributed by atoms with Crippen molar-refractivity contribution in [1.82, 2.24) is 34.4 Å². The number of hydrogen-bond donors (Lipinski definition) is 1. The van der Waals surface area contributed by atoms with Crippen molar-refractivity contribution in [3.05, 3.63) is 40.6 Å². The SMILES string of the molecule is Cc1nn(CCn2ccnc2-c2cc3n(n2)CCCNC3)c(C)c1Cl. The summed E-state index contributed by atoms with van der Waals surface area (Å²) >= 11 is 6.24. The Morgan fingerprint density at radius 3 is 2.92 bits per heavy atom. The molecule has 8 heteroatoms. The van der Waals surface area contributed by atoms with Gasteiger partial charge < -0.3 is 9.88 Å². The number of nitrogens with zero attached hydrogens (tertiary/aromatic N) is 6. The van der Waals surface area contributed by atoms with Gasteiger partial charge in [-0.3, -0.25) is 9.36 Å². The maximum absolute atomic E-state index is 6.24. The van der Waals surface area contributed by atoms with Gasteiger partial charge in [0.1, 0.15) is 5.69 Å². The van der Waals surface area contributed by atoms with E-state index < -0.39 is 0 Å². The Balaban J connectivity index is 1.55. The summed E-state index contributed by atoms with van der Waals surface area (Å²) in [4.78, 5) is 4.52. The first-order valence-corrected chi connectivity index (χ1v) is 9.00. The number of fused-ring (bicyclic) bond motifs is 1. The van der Waals surface area contributed by atoms with Gasteiger partial charge in [0.25, 0.3) is 0 Å². The second-order valence-electron chi connectivity index (χ2n) is 6.43. The van der Waals surface area contributed by atoms with Crippen LogP contribution < -0.4 is 5.32 Å². The molecule has 1 N–H and O–H groups in total. The predicted molar refractivity (Wildman–Crippen MR) is 96.5 cm³/mol. The summed E-state index contributed by atoms with van der Waals surface area (Å²) < 4.78 is 6.17. The zero-order chi connectivity index (χ0) is 17.4. The molecule has 3 aromatic rings. The Kier molecular flexibility index (Phi) is 4.35. The van der Waals surface area contributed by atoms with Crippen LogP contribution in [0, 0.1) is 13.8 Å². The molecule has 25 heavy (non-hydrogen) atoms. The summed E-state index contributed by atoms with van der Waals surface area (Å²) in [7, 11) is 0. The molecule has 7 nitrogen and oxygen atoms in total. The number of halogens is 1. The van der Waals surface area contributed by atoms with E-state index in [9.17, 15) is 0 Å². The average molecular weight is 360 g/mol. The Bertz CT molecular complexity index is 866. The van der Waals surface area contributed by atoms with Crippen LogP contribution in [0.15, 0.2) is 18.5 Å². The highest BCUT2D eigenvalue weighted by Crippen LogP contribution is 2.21. The first kappa shape index (κ1) is 16.4. The number of aryl methyl sites for hydroxylation is 4. The molecule has 0 bridgehead atoms. The molecule has 0 atom stereocenters. The van der Waals surface area contributed by atoms with Crippen LogP contribution in [0.4, 0.5) is 0 Å². The zero-order valence-corrected chi connectivity index (χ0v) is 15.3. The predicted octanol–water partition coefficient (Wildman–Crippen LogP) is 2.41. The fraction of sp³-hybridized carbons (Fsp3) is 0.471. The van der Waals surface area contributed by atoms with Gasteiger partial charge in [-0.25, -0.2) is 4.98 Å². The Morgan fingerprint density at radius 2 is 2.12 bits per heavy atom. The summed E-state index contributed by atoms with van der Waals surface area (Å²) in [5.41, 5.74) is 4.01. The maximum Gasteiger partial charge on any atom is 0.160 e. The quantitative estimate of drug-likeness (QED) is 0.776. The van der Waals surface area contributed by atoms with Gasteiger partial charge in [-0.2, -0.15) is 10.2 Å². The lowest BCUT2D eigenvalue weighted by molar-refractivity contribution is 0.522. The maximum atomic E-state index is 6.24. The van der Waals surface area contributed by atoms with Crippen molar-refractivity contribution in [1.29, 1.82) is 0 Å². The molecule has 0 aliphatic carbocycles. The minimum atomic E-state index is 0.746. The monoisotopic (exact) mass is 359 g/mol. The Labute approximate surface area is 151 Å². The van der Waals surface area contributed by atoms with Crippen LogP contribution in [0.2, 0.25) is 5.02 Å². The summed E-state index contributed by atoms with van der Waals surface area (Å²) in [5.74, 6) is 0.896. The second-order valence-corrected chi connectivity index (χ2v) is 6.80. The average Bonchev–Trinajstić information content (AvgIpc) is 3.24. The first-order chi connectivity index (χ1) is 12.1. The number of hydrogen-bond acceptors (Lipinski definition) is 4. The number of aromatic nitrogens is 6. The van der Waals surface area contributed by atoms with Gasteiger partial charge in [-0.05, 0) is 32.9 Å². The molecule has 1 aliphatic heterocycles. The molecule has 0 aromatic carbocycles. The Hall–Kier alpha value is -2.12. The number of nitrogens with one attached hydrogen (secondary N) is 1. The van der Waals surface area contributed by atoms with E-state index in [0.717, 1.165) is 67.1 Å². The largest absolute Gasteiger partial charge is 0.328 e. The van der Waals surface area contributed by atoms with Crippen LogP contribution in [0.25, 0.3) is 11.5 Å². The van der Waals surface area contributed by atoms with Crippen LogP contribution in [0.5, 0.6) is 0 Å². The second kappa shape index (κ2) is 6.65. The minimum Gasteiger partial charge on any atom is -0.328 e. The van der Waals surface area contributed by atoms with E-state index in [1.165, 1.54) is 5.69 Å². The van der Waals surface area contributed by atoms with E-state index in [-0.39, 0.29) is 0 Å². The van der Waals surface area contributed by atoms with E-state index >= 15 is 0 Å². The van der Waals surface area contributed by atoms with Crippen molar-refractivity contribution in [2.45, 2.75) is 46.4 Å². The van der Waals surface area contributed by atoms with Crippen LogP contribution in [0.3, 0.4) is 0 Å². The van der Waals surface area contributed by atoms with Gasteiger partial charge in [-0.15, -0.1) is 0 Å². The highest BCUT2D eigenvalue weighted by Gasteiger charge is 2.16. The molecule has 0 amide bonds. The van der Waals surface area contributed by atoms with Gasteiger partial charge in [0.15, 0.2) is 5.82 Å². The fourth-order valence-electron chi connectivity index (χ4n) is 3.29. The van der Waals surface area contributed by atoms with Crippen LogP contribution in [0.1, 0.15) is 23.5 Å². The van der Waals surface area contributed by atoms with E-state index in [1.54, 1.807) is 0 Å². The summed E-state index contributed by atoms with van der Waals surface area (Å²) in [5, 5.41) is 13.4. The van der Waals surface area contributed by atoms with Crippen molar-refractivity contribution in [2.24, 2.45) is 0 Å². The lowest BCUT2D eigenvalue weighted by Gasteiger charge is -2.08.